The van der Waals surface area contributed by atoms with Crippen LogP contribution in [-0.2, 0) is 4.74 Å². The molecular weight excluding hydrogens is 286 g/mol. The number of fused-ring (bicyclic) bond motifs is 1. The molecule has 21 heavy (non-hydrogen) atoms. The Labute approximate surface area is 129 Å². The van der Waals surface area contributed by atoms with E-state index in [1.807, 2.05) is 0 Å². The summed E-state index contributed by atoms with van der Waals surface area (Å²) in [7, 11) is 0. The molecule has 2 N–H and O–H groups in total. The van der Waals surface area contributed by atoms with E-state index in [0.717, 1.165) is 29.9 Å². The van der Waals surface area contributed by atoms with Gasteiger partial charge in [0.05, 0.1) is 6.61 Å². The van der Waals surface area contributed by atoms with Crippen LogP contribution in [0.25, 0.3) is 0 Å². The van der Waals surface area contributed by atoms with E-state index in [-0.39, 0.29) is 5.97 Å². The van der Waals surface area contributed by atoms with Crippen LogP contribution in [0.2, 0.25) is 0 Å². The molecule has 1 aliphatic heterocycles. The number of hydrogen-bond acceptors (Lipinski definition) is 6. The van der Waals surface area contributed by atoms with E-state index in [1.165, 1.54) is 43.6 Å². The summed E-state index contributed by atoms with van der Waals surface area (Å²) in [6.45, 7) is 4.19. The van der Waals surface area contributed by atoms with E-state index in [2.05, 4.69) is 9.27 Å². The number of anilines is 2. The molecule has 0 radical (unpaired) electrons. The molecule has 1 aromatic rings. The second kappa shape index (κ2) is 6.22. The second-order valence-electron chi connectivity index (χ2n) is 6.01. The number of ether oxygens (including phenoxy) is 1. The molecule has 2 atom stereocenters. The van der Waals surface area contributed by atoms with Crippen molar-refractivity contribution in [3.8, 4) is 0 Å². The molecular formula is C15H23N3O2S. The predicted octanol–water partition coefficient (Wildman–Crippen LogP) is 2.92. The molecule has 2 aliphatic rings. The smallest absolute Gasteiger partial charge is 0.345 e. The largest absolute Gasteiger partial charge is 0.462 e. The highest BCUT2D eigenvalue weighted by Gasteiger charge is 2.34. The Morgan fingerprint density at radius 2 is 2.14 bits per heavy atom. The van der Waals surface area contributed by atoms with E-state index in [9.17, 15) is 4.79 Å². The summed E-state index contributed by atoms with van der Waals surface area (Å²) in [6.07, 6.45) is 6.61. The van der Waals surface area contributed by atoms with Gasteiger partial charge in [0, 0.05) is 13.1 Å². The van der Waals surface area contributed by atoms with E-state index < -0.39 is 0 Å². The standard InChI is InChI=1S/C15H23N3O2S/c1-2-20-15(19)12-13(16)17-21-14(12)18-8-7-10-5-3-4-6-11(10)9-18/h10-11H,2-9H2,1H3,(H2,16,17). The highest BCUT2D eigenvalue weighted by Crippen LogP contribution is 2.40. The van der Waals surface area contributed by atoms with Crippen molar-refractivity contribution < 1.29 is 9.53 Å². The average Bonchev–Trinajstić information content (AvgIpc) is 2.89. The maximum Gasteiger partial charge on any atom is 0.345 e. The Morgan fingerprint density at radius 1 is 1.38 bits per heavy atom. The first kappa shape index (κ1) is 14.6. The lowest BCUT2D eigenvalue weighted by Gasteiger charge is -2.41. The highest BCUT2D eigenvalue weighted by molar-refractivity contribution is 7.11. The minimum atomic E-state index is -0.343. The lowest BCUT2D eigenvalue weighted by Crippen LogP contribution is -2.42. The average molecular weight is 309 g/mol. The number of nitrogens with two attached hydrogens (primary N) is 1. The van der Waals surface area contributed by atoms with Gasteiger partial charge in [-0.25, -0.2) is 4.79 Å². The van der Waals surface area contributed by atoms with Gasteiger partial charge in [-0.1, -0.05) is 19.3 Å². The molecule has 2 unspecified atom stereocenters. The zero-order valence-corrected chi connectivity index (χ0v) is 13.3. The normalized spacial score (nSPS) is 25.5. The second-order valence-corrected chi connectivity index (χ2v) is 6.76. The molecule has 1 saturated heterocycles. The van der Waals surface area contributed by atoms with Crippen molar-refractivity contribution >= 4 is 28.3 Å². The van der Waals surface area contributed by atoms with Crippen molar-refractivity contribution in [1.29, 1.82) is 0 Å². The maximum absolute atomic E-state index is 12.1. The Kier molecular flexibility index (Phi) is 4.33. The number of carbonyl (C=O) groups excluding carboxylic acids is 1. The molecule has 116 valence electrons. The zero-order valence-electron chi connectivity index (χ0n) is 12.5. The molecule has 5 nitrogen and oxygen atoms in total. The van der Waals surface area contributed by atoms with Gasteiger partial charge < -0.3 is 15.4 Å². The summed E-state index contributed by atoms with van der Waals surface area (Å²) in [5.41, 5.74) is 6.35. The third kappa shape index (κ3) is 2.86. The lowest BCUT2D eigenvalue weighted by atomic mass is 9.75. The van der Waals surface area contributed by atoms with Crippen molar-refractivity contribution in [3.05, 3.63) is 5.56 Å². The van der Waals surface area contributed by atoms with Gasteiger partial charge in [-0.2, -0.15) is 4.37 Å². The number of nitrogens with zero attached hydrogens (tertiary/aromatic N) is 2. The van der Waals surface area contributed by atoms with Crippen molar-refractivity contribution in [2.24, 2.45) is 11.8 Å². The molecule has 3 rings (SSSR count). The summed E-state index contributed by atoms with van der Waals surface area (Å²) in [5, 5.41) is 0.898. The summed E-state index contributed by atoms with van der Waals surface area (Å²) in [5.74, 6) is 1.58. The van der Waals surface area contributed by atoms with Crippen LogP contribution in [0.4, 0.5) is 10.8 Å². The van der Waals surface area contributed by atoms with Crippen LogP contribution in [0.1, 0.15) is 49.4 Å². The Bertz CT molecular complexity index is 517. The zero-order chi connectivity index (χ0) is 14.8. The molecule has 6 heteroatoms. The fourth-order valence-electron chi connectivity index (χ4n) is 3.69. The first-order valence-electron chi connectivity index (χ1n) is 7.88. The highest BCUT2D eigenvalue weighted by atomic mass is 32.1. The molecule has 1 aliphatic carbocycles. The van der Waals surface area contributed by atoms with Gasteiger partial charge in [-0.05, 0) is 43.1 Å². The van der Waals surface area contributed by atoms with Gasteiger partial charge in [0.1, 0.15) is 10.6 Å². The molecule has 0 spiro atoms. The van der Waals surface area contributed by atoms with Gasteiger partial charge >= 0.3 is 5.97 Å². The van der Waals surface area contributed by atoms with Crippen LogP contribution in [0.5, 0.6) is 0 Å². The molecule has 0 bridgehead atoms. The van der Waals surface area contributed by atoms with Crippen LogP contribution in [0.3, 0.4) is 0 Å². The van der Waals surface area contributed by atoms with Crippen molar-refractivity contribution in [2.75, 3.05) is 30.3 Å². The first-order chi connectivity index (χ1) is 10.2. The lowest BCUT2D eigenvalue weighted by molar-refractivity contribution is 0.0528. The van der Waals surface area contributed by atoms with E-state index in [0.29, 0.717) is 18.0 Å². The molecule has 0 amide bonds. The fourth-order valence-corrected chi connectivity index (χ4v) is 4.53. The number of aromatic nitrogens is 1. The number of rotatable bonds is 3. The molecule has 1 saturated carbocycles. The van der Waals surface area contributed by atoms with E-state index >= 15 is 0 Å². The SMILES string of the molecule is CCOC(=O)c1c(N)nsc1N1CCC2CCCCC2C1. The minimum absolute atomic E-state index is 0.305. The van der Waals surface area contributed by atoms with Crippen LogP contribution >= 0.6 is 11.5 Å². The Morgan fingerprint density at radius 3 is 2.90 bits per heavy atom. The van der Waals surface area contributed by atoms with Crippen molar-refractivity contribution in [3.63, 3.8) is 0 Å². The Hall–Kier alpha value is -1.30. The third-order valence-corrected chi connectivity index (χ3v) is 5.68. The van der Waals surface area contributed by atoms with Crippen molar-refractivity contribution in [1.82, 2.24) is 4.37 Å². The summed E-state index contributed by atoms with van der Waals surface area (Å²) in [4.78, 5) is 14.4. The molecule has 1 aromatic heterocycles. The number of esters is 1. The summed E-state index contributed by atoms with van der Waals surface area (Å²) >= 11 is 1.33. The summed E-state index contributed by atoms with van der Waals surface area (Å²) in [6, 6.07) is 0. The third-order valence-electron chi connectivity index (χ3n) is 4.76. The first-order valence-corrected chi connectivity index (χ1v) is 8.65. The Balaban J connectivity index is 1.79. The molecule has 2 fully saturated rings. The number of carbonyl (C=O) groups is 1. The topological polar surface area (TPSA) is 68.5 Å². The van der Waals surface area contributed by atoms with Crippen LogP contribution in [-0.4, -0.2) is 30.0 Å². The van der Waals surface area contributed by atoms with Crippen LogP contribution in [0, 0.1) is 11.8 Å². The minimum Gasteiger partial charge on any atom is -0.462 e. The van der Waals surface area contributed by atoms with E-state index in [1.54, 1.807) is 6.92 Å². The van der Waals surface area contributed by atoms with Gasteiger partial charge in [0.25, 0.3) is 0 Å². The predicted molar refractivity (Wildman–Crippen MR) is 84.8 cm³/mol. The monoisotopic (exact) mass is 309 g/mol. The maximum atomic E-state index is 12.1. The van der Waals surface area contributed by atoms with Gasteiger partial charge in [0.15, 0.2) is 5.82 Å². The number of nitrogen functional groups attached to an aromatic ring is 1. The molecule has 2 heterocycles. The number of hydrogen-bond donors (Lipinski definition) is 1. The van der Waals surface area contributed by atoms with Crippen LogP contribution < -0.4 is 10.6 Å². The van der Waals surface area contributed by atoms with E-state index in [4.69, 9.17) is 10.5 Å². The van der Waals surface area contributed by atoms with Gasteiger partial charge in [-0.15, -0.1) is 0 Å². The fraction of sp³-hybridized carbons (Fsp3) is 0.733. The number of piperidine rings is 1. The van der Waals surface area contributed by atoms with Crippen LogP contribution in [0.15, 0.2) is 0 Å². The summed E-state index contributed by atoms with van der Waals surface area (Å²) < 4.78 is 9.30. The van der Waals surface area contributed by atoms with Crippen molar-refractivity contribution in [2.45, 2.75) is 39.0 Å². The molecule has 0 aromatic carbocycles. The van der Waals surface area contributed by atoms with Gasteiger partial charge in [0.2, 0.25) is 0 Å². The van der Waals surface area contributed by atoms with Gasteiger partial charge in [-0.3, -0.25) is 0 Å². The quantitative estimate of drug-likeness (QED) is 0.869.